The standard InChI is InChI=1S/2C15H17.C3H6Si.2ClH.Hf/c2*1-10(2)13-8-12-4-3-5-14(11-6-7-11)15(12)9-13;1-2-4-3-1;;;/h2*3-5,8-11H,6-7H2,1-2H3;1-3H2;2*1H;/q;;;;;+2/p-2. The smallest absolute Gasteiger partial charge is 1.00 e. The summed E-state index contributed by atoms with van der Waals surface area (Å²) in [5.41, 5.74) is 13.9. The van der Waals surface area contributed by atoms with Gasteiger partial charge in [0, 0.05) is 0 Å². The van der Waals surface area contributed by atoms with Crippen LogP contribution in [0.1, 0.15) is 112 Å². The van der Waals surface area contributed by atoms with Gasteiger partial charge in [0.2, 0.25) is 0 Å². The van der Waals surface area contributed by atoms with Gasteiger partial charge < -0.3 is 24.8 Å². The Morgan fingerprint density at radius 2 is 1.05 bits per heavy atom. The molecule has 2 unspecified atom stereocenters. The summed E-state index contributed by atoms with van der Waals surface area (Å²) in [6.07, 6.45) is 12.6. The average Bonchev–Trinajstić information content (AvgIpc) is 3.73. The van der Waals surface area contributed by atoms with Crippen LogP contribution in [0.4, 0.5) is 0 Å². The molecule has 3 fully saturated rings. The molecule has 2 atom stereocenters. The fourth-order valence-corrected chi connectivity index (χ4v) is 44.5. The van der Waals surface area contributed by atoms with Gasteiger partial charge in [-0.3, -0.25) is 0 Å². The Kier molecular flexibility index (Phi) is 8.26. The van der Waals surface area contributed by atoms with Gasteiger partial charge in [-0.2, -0.15) is 0 Å². The molecule has 0 spiro atoms. The van der Waals surface area contributed by atoms with Crippen LogP contribution in [0.2, 0.25) is 12.1 Å². The van der Waals surface area contributed by atoms with Crippen LogP contribution in [0.5, 0.6) is 0 Å². The van der Waals surface area contributed by atoms with Crippen LogP contribution < -0.4 is 24.8 Å². The monoisotopic (exact) mass is 714 g/mol. The second-order valence-electron chi connectivity index (χ2n) is 12.6. The van der Waals surface area contributed by atoms with Gasteiger partial charge in [-0.25, -0.2) is 0 Å². The molecule has 2 aromatic carbocycles. The molecule has 1 heterocycles. The molecule has 2 saturated carbocycles. The van der Waals surface area contributed by atoms with Crippen LogP contribution in [0.25, 0.3) is 12.2 Å². The van der Waals surface area contributed by atoms with Crippen LogP contribution in [-0.4, -0.2) is 5.49 Å². The number of allylic oxidation sites excluding steroid dienone is 2. The van der Waals surface area contributed by atoms with E-state index in [1.54, 1.807) is 45.5 Å². The number of benzene rings is 2. The molecular weight excluding hydrogens is 674 g/mol. The van der Waals surface area contributed by atoms with Gasteiger partial charge in [-0.15, -0.1) is 0 Å². The minimum absolute atomic E-state index is 0. The first-order valence-corrected chi connectivity index (χ1v) is 25.9. The minimum Gasteiger partial charge on any atom is -1.00 e. The molecule has 0 N–H and O–H groups in total. The quantitative estimate of drug-likeness (QED) is 0.404. The van der Waals surface area contributed by atoms with Gasteiger partial charge in [-0.05, 0) is 0 Å². The zero-order chi connectivity index (χ0) is 23.8. The van der Waals surface area contributed by atoms with Crippen LogP contribution in [0.15, 0.2) is 47.5 Å². The van der Waals surface area contributed by atoms with E-state index in [0.717, 1.165) is 19.2 Å². The Morgan fingerprint density at radius 3 is 1.38 bits per heavy atom. The predicted octanol–water partition coefficient (Wildman–Crippen LogP) is 3.35. The van der Waals surface area contributed by atoms with Crippen molar-refractivity contribution in [3.63, 3.8) is 0 Å². The maximum absolute atomic E-state index is 2.74. The molecule has 1 saturated heterocycles. The van der Waals surface area contributed by atoms with Crippen molar-refractivity contribution in [2.24, 2.45) is 11.8 Å². The van der Waals surface area contributed by atoms with Crippen LogP contribution in [-0.2, 0) is 20.1 Å². The molecule has 194 valence electrons. The van der Waals surface area contributed by atoms with Crippen molar-refractivity contribution in [3.8, 4) is 0 Å². The summed E-state index contributed by atoms with van der Waals surface area (Å²) < 4.78 is 1.68. The van der Waals surface area contributed by atoms with Gasteiger partial charge >= 0.3 is 222 Å². The molecule has 0 amide bonds. The zero-order valence-corrected chi connectivity index (χ0v) is 28.9. The number of rotatable bonds is 6. The molecule has 0 nitrogen and oxygen atoms in total. The summed E-state index contributed by atoms with van der Waals surface area (Å²) in [4.78, 5) is 0. The Morgan fingerprint density at radius 1 is 0.649 bits per heavy atom. The second-order valence-corrected chi connectivity index (χ2v) is 34.6. The topological polar surface area (TPSA) is 0 Å². The van der Waals surface area contributed by atoms with Gasteiger partial charge in [0.05, 0.1) is 0 Å². The minimum atomic E-state index is -2.18. The first-order valence-electron chi connectivity index (χ1n) is 14.4. The summed E-state index contributed by atoms with van der Waals surface area (Å²) in [5, 5.41) is 0. The Labute approximate surface area is 244 Å². The predicted molar refractivity (Wildman–Crippen MR) is 148 cm³/mol. The molecule has 0 aromatic heterocycles. The van der Waals surface area contributed by atoms with Crippen molar-refractivity contribution in [1.82, 2.24) is 0 Å². The van der Waals surface area contributed by atoms with Crippen molar-refractivity contribution < 1.29 is 44.9 Å². The van der Waals surface area contributed by atoms with Gasteiger partial charge in [0.15, 0.2) is 0 Å². The van der Waals surface area contributed by atoms with Gasteiger partial charge in [-0.1, -0.05) is 0 Å². The van der Waals surface area contributed by atoms with E-state index < -0.39 is 20.1 Å². The fourth-order valence-electron chi connectivity index (χ4n) is 7.31. The van der Waals surface area contributed by atoms with E-state index in [1.807, 2.05) is 11.1 Å². The summed E-state index contributed by atoms with van der Waals surface area (Å²) in [6, 6.07) is 18.2. The maximum Gasteiger partial charge on any atom is -1.00 e. The van der Waals surface area contributed by atoms with Crippen LogP contribution in [0.3, 0.4) is 0 Å². The third kappa shape index (κ3) is 4.79. The Balaban J connectivity index is 0.00000140. The Bertz CT molecular complexity index is 1210. The maximum atomic E-state index is 2.74. The Hall–Kier alpha value is -0.413. The number of halogens is 2. The first-order chi connectivity index (χ1) is 17.0. The van der Waals surface area contributed by atoms with Crippen molar-refractivity contribution in [2.75, 3.05) is 0 Å². The van der Waals surface area contributed by atoms with Crippen LogP contribution >= 0.6 is 0 Å². The largest absolute Gasteiger partial charge is 1.00 e. The average molecular weight is 714 g/mol. The van der Waals surface area contributed by atoms with Crippen molar-refractivity contribution in [3.05, 3.63) is 80.9 Å². The first kappa shape index (κ1) is 28.1. The fraction of sp³-hybridized carbons (Fsp3) is 0.515. The molecule has 2 aromatic rings. The third-order valence-electron chi connectivity index (χ3n) is 9.61. The number of fused-ring (bicyclic) bond motifs is 2. The third-order valence-corrected chi connectivity index (χ3v) is 40.4. The molecule has 4 heteroatoms. The van der Waals surface area contributed by atoms with Gasteiger partial charge in [0.1, 0.15) is 0 Å². The van der Waals surface area contributed by atoms with E-state index in [2.05, 4.69) is 76.2 Å². The van der Waals surface area contributed by atoms with Crippen molar-refractivity contribution in [2.45, 2.75) is 91.1 Å². The molecular formula is C33H40Cl2HfSi. The molecule has 37 heavy (non-hydrogen) atoms. The molecule has 0 bridgehead atoms. The van der Waals surface area contributed by atoms with E-state index in [4.69, 9.17) is 0 Å². The molecule has 4 aliphatic carbocycles. The van der Waals surface area contributed by atoms with Crippen molar-refractivity contribution >= 4 is 17.6 Å². The number of hydrogen-bond acceptors (Lipinski definition) is 0. The summed E-state index contributed by atoms with van der Waals surface area (Å²) in [5.74, 6) is 3.04. The zero-order valence-electron chi connectivity index (χ0n) is 22.8. The second kappa shape index (κ2) is 10.9. The molecule has 0 radical (unpaired) electrons. The van der Waals surface area contributed by atoms with Gasteiger partial charge in [0.25, 0.3) is 0 Å². The van der Waals surface area contributed by atoms with E-state index >= 15 is 0 Å². The SMILES string of the molecule is CC(C)C1=Cc2c(C3CC3)cccc2[CH]1[Hf+2]([CH]1C(C(C)C)=Cc2c(C3CC3)cccc21)=[Si]1CCC1.[Cl-].[Cl-]. The summed E-state index contributed by atoms with van der Waals surface area (Å²) >= 11 is -2.18. The van der Waals surface area contributed by atoms with E-state index in [9.17, 15) is 0 Å². The normalized spacial score (nSPS) is 23.3. The number of hydrogen-bond donors (Lipinski definition) is 0. The molecule has 1 aliphatic heterocycles. The summed E-state index contributed by atoms with van der Waals surface area (Å²) in [6.45, 7) is 9.98. The molecule has 7 rings (SSSR count). The summed E-state index contributed by atoms with van der Waals surface area (Å²) in [7, 11) is 0. The van der Waals surface area contributed by atoms with Crippen molar-refractivity contribution in [1.29, 1.82) is 0 Å². The van der Waals surface area contributed by atoms with Crippen LogP contribution in [0, 0.1) is 11.8 Å². The van der Waals surface area contributed by atoms with E-state index in [0.29, 0.717) is 11.8 Å². The van der Waals surface area contributed by atoms with E-state index in [1.165, 1.54) is 32.1 Å². The van der Waals surface area contributed by atoms with E-state index in [-0.39, 0.29) is 30.3 Å². The molecule has 5 aliphatic rings.